The summed E-state index contributed by atoms with van der Waals surface area (Å²) in [5.74, 6) is 3.36. The molecule has 0 radical (unpaired) electrons. The van der Waals surface area contributed by atoms with E-state index >= 15 is 0 Å². The molecule has 1 atom stereocenters. The van der Waals surface area contributed by atoms with Gasteiger partial charge in [0.2, 0.25) is 0 Å². The van der Waals surface area contributed by atoms with Gasteiger partial charge >= 0.3 is 0 Å². The Morgan fingerprint density at radius 2 is 2.16 bits per heavy atom. The zero-order chi connectivity index (χ0) is 13.9. The lowest BCUT2D eigenvalue weighted by molar-refractivity contribution is 0.442. The van der Waals surface area contributed by atoms with Gasteiger partial charge in [0.1, 0.15) is 0 Å². The van der Waals surface area contributed by atoms with Crippen LogP contribution in [0.3, 0.4) is 0 Å². The molecule has 102 valence electrons. The highest BCUT2D eigenvalue weighted by Gasteiger charge is 2.07. The van der Waals surface area contributed by atoms with Crippen LogP contribution in [-0.2, 0) is 6.42 Å². The number of nitrogens with one attached hydrogen (secondary N) is 1. The number of halogens is 1. The summed E-state index contributed by atoms with van der Waals surface area (Å²) in [5, 5.41) is 3.99. The molecule has 0 aliphatic carbocycles. The molecule has 0 fully saturated rings. The van der Waals surface area contributed by atoms with Crippen LogP contribution in [0.1, 0.15) is 31.2 Å². The fraction of sp³-hybridized carbons (Fsp3) is 0.412. The molecule has 0 bridgehead atoms. The highest BCUT2D eigenvalue weighted by Crippen LogP contribution is 2.20. The van der Waals surface area contributed by atoms with E-state index in [4.69, 9.17) is 18.0 Å². The van der Waals surface area contributed by atoms with Gasteiger partial charge in [-0.05, 0) is 49.4 Å². The van der Waals surface area contributed by atoms with E-state index in [0.717, 1.165) is 43.7 Å². The summed E-state index contributed by atoms with van der Waals surface area (Å²) in [6.45, 7) is 4.60. The maximum Gasteiger partial charge on any atom is 0.0437 e. The lowest BCUT2D eigenvalue weighted by Gasteiger charge is -2.14. The van der Waals surface area contributed by atoms with Crippen LogP contribution >= 0.6 is 11.6 Å². The average molecular weight is 276 g/mol. The third-order valence-corrected chi connectivity index (χ3v) is 3.63. The van der Waals surface area contributed by atoms with E-state index in [1.54, 1.807) is 6.20 Å². The number of rotatable bonds is 9. The largest absolute Gasteiger partial charge is 0.391 e. The topological polar surface area (TPSA) is 12.0 Å². The molecule has 2 heteroatoms. The second-order valence-electron chi connectivity index (χ2n) is 4.70. The summed E-state index contributed by atoms with van der Waals surface area (Å²) in [5.41, 5.74) is 1.23. The van der Waals surface area contributed by atoms with Crippen molar-refractivity contribution in [3.8, 4) is 12.3 Å². The van der Waals surface area contributed by atoms with Crippen molar-refractivity contribution in [1.29, 1.82) is 0 Å². The van der Waals surface area contributed by atoms with Crippen molar-refractivity contribution in [1.82, 2.24) is 5.32 Å². The van der Waals surface area contributed by atoms with Crippen molar-refractivity contribution in [2.45, 2.75) is 32.1 Å². The van der Waals surface area contributed by atoms with E-state index in [9.17, 15) is 0 Å². The Bertz CT molecular complexity index is 420. The van der Waals surface area contributed by atoms with Crippen molar-refractivity contribution < 1.29 is 0 Å². The first kappa shape index (κ1) is 15.7. The molecule has 0 heterocycles. The third-order valence-electron chi connectivity index (χ3n) is 3.26. The van der Waals surface area contributed by atoms with Gasteiger partial charge in [0.15, 0.2) is 0 Å². The molecule has 1 aromatic rings. The number of benzene rings is 1. The van der Waals surface area contributed by atoms with Crippen LogP contribution in [0.25, 0.3) is 0 Å². The summed E-state index contributed by atoms with van der Waals surface area (Å²) in [6.07, 6.45) is 12.4. The van der Waals surface area contributed by atoms with Crippen LogP contribution in [0.15, 0.2) is 37.0 Å². The maximum absolute atomic E-state index is 6.15. The lowest BCUT2D eigenvalue weighted by atomic mass is 9.94. The van der Waals surface area contributed by atoms with Crippen LogP contribution in [0.4, 0.5) is 0 Å². The van der Waals surface area contributed by atoms with Crippen LogP contribution < -0.4 is 5.32 Å². The van der Waals surface area contributed by atoms with E-state index in [2.05, 4.69) is 23.9 Å². The zero-order valence-corrected chi connectivity index (χ0v) is 12.1. The standard InChI is InChI=1S/C17H22ClN/c1-3-8-15(13-14-19-4-2)9-7-11-16-10-5-6-12-17(16)18/h1,4-6,10,12,15,19H,2,7-9,11,13-14H2. The molecule has 19 heavy (non-hydrogen) atoms. The average Bonchev–Trinajstić information content (AvgIpc) is 2.41. The summed E-state index contributed by atoms with van der Waals surface area (Å²) in [4.78, 5) is 0. The minimum atomic E-state index is 0.583. The smallest absolute Gasteiger partial charge is 0.0437 e. The molecule has 0 aliphatic rings. The molecule has 0 aromatic heterocycles. The second kappa shape index (κ2) is 9.53. The van der Waals surface area contributed by atoms with Gasteiger partial charge < -0.3 is 5.32 Å². The number of aryl methyl sites for hydroxylation is 1. The Hall–Kier alpha value is -1.39. The monoisotopic (exact) mass is 275 g/mol. The number of terminal acetylenes is 1. The molecular weight excluding hydrogens is 254 g/mol. The van der Waals surface area contributed by atoms with Gasteiger partial charge in [-0.3, -0.25) is 0 Å². The van der Waals surface area contributed by atoms with Gasteiger partial charge in [-0.25, -0.2) is 0 Å². The van der Waals surface area contributed by atoms with Crippen LogP contribution in [0.2, 0.25) is 5.02 Å². The minimum Gasteiger partial charge on any atom is -0.391 e. The zero-order valence-electron chi connectivity index (χ0n) is 11.4. The van der Waals surface area contributed by atoms with E-state index in [1.165, 1.54) is 5.56 Å². The number of hydrogen-bond donors (Lipinski definition) is 1. The molecular formula is C17H22ClN. The molecule has 0 amide bonds. The van der Waals surface area contributed by atoms with Crippen molar-refractivity contribution in [2.24, 2.45) is 5.92 Å². The molecule has 0 saturated carbocycles. The Kier molecular flexibility index (Phi) is 7.86. The molecule has 1 rings (SSSR count). The van der Waals surface area contributed by atoms with Gasteiger partial charge in [0.05, 0.1) is 0 Å². The first-order chi connectivity index (χ1) is 9.27. The summed E-state index contributed by atoms with van der Waals surface area (Å²) >= 11 is 6.15. The van der Waals surface area contributed by atoms with Crippen molar-refractivity contribution in [3.05, 3.63) is 47.6 Å². The predicted octanol–water partition coefficient (Wildman–Crippen LogP) is 4.43. The quantitative estimate of drug-likeness (QED) is 0.519. The number of hydrogen-bond acceptors (Lipinski definition) is 1. The first-order valence-corrected chi connectivity index (χ1v) is 7.17. The molecule has 1 nitrogen and oxygen atoms in total. The van der Waals surface area contributed by atoms with Crippen LogP contribution in [-0.4, -0.2) is 6.54 Å². The van der Waals surface area contributed by atoms with Crippen LogP contribution in [0.5, 0.6) is 0 Å². The van der Waals surface area contributed by atoms with Gasteiger partial charge in [-0.1, -0.05) is 36.4 Å². The fourth-order valence-electron chi connectivity index (χ4n) is 2.19. The summed E-state index contributed by atoms with van der Waals surface area (Å²) < 4.78 is 0. The first-order valence-electron chi connectivity index (χ1n) is 6.79. The Balaban J connectivity index is 2.33. The van der Waals surface area contributed by atoms with Crippen molar-refractivity contribution in [2.75, 3.05) is 6.54 Å². The molecule has 1 N–H and O–H groups in total. The summed E-state index contributed by atoms with van der Waals surface area (Å²) in [7, 11) is 0. The van der Waals surface area contributed by atoms with Gasteiger partial charge in [0.25, 0.3) is 0 Å². The van der Waals surface area contributed by atoms with E-state index < -0.39 is 0 Å². The van der Waals surface area contributed by atoms with Crippen molar-refractivity contribution >= 4 is 11.6 Å². The van der Waals surface area contributed by atoms with E-state index in [-0.39, 0.29) is 0 Å². The van der Waals surface area contributed by atoms with Crippen LogP contribution in [0, 0.1) is 18.3 Å². The molecule has 0 saturated heterocycles. The van der Waals surface area contributed by atoms with Gasteiger partial charge in [-0.2, -0.15) is 0 Å². The maximum atomic E-state index is 6.15. The Morgan fingerprint density at radius 3 is 2.84 bits per heavy atom. The van der Waals surface area contributed by atoms with Gasteiger partial charge in [-0.15, -0.1) is 12.3 Å². The normalized spacial score (nSPS) is 11.6. The van der Waals surface area contributed by atoms with Gasteiger partial charge in [0, 0.05) is 18.0 Å². The van der Waals surface area contributed by atoms with Crippen molar-refractivity contribution in [3.63, 3.8) is 0 Å². The third kappa shape index (κ3) is 6.36. The molecule has 0 aliphatic heterocycles. The van der Waals surface area contributed by atoms with E-state index in [0.29, 0.717) is 5.92 Å². The van der Waals surface area contributed by atoms with E-state index in [1.807, 2.05) is 18.2 Å². The second-order valence-corrected chi connectivity index (χ2v) is 5.11. The Labute approximate surface area is 122 Å². The fourth-order valence-corrected chi connectivity index (χ4v) is 2.42. The predicted molar refractivity (Wildman–Crippen MR) is 84.1 cm³/mol. The summed E-state index contributed by atoms with van der Waals surface area (Å²) in [6, 6.07) is 8.05. The molecule has 1 aromatic carbocycles. The highest BCUT2D eigenvalue weighted by atomic mass is 35.5. The highest BCUT2D eigenvalue weighted by molar-refractivity contribution is 6.31. The minimum absolute atomic E-state index is 0.583. The molecule has 1 unspecified atom stereocenters. The lowest BCUT2D eigenvalue weighted by Crippen LogP contribution is -2.12. The molecule has 0 spiro atoms. The SMILES string of the molecule is C#CCC(CCCc1ccccc1Cl)CCNC=C. The Morgan fingerprint density at radius 1 is 1.37 bits per heavy atom.